The fraction of sp³-hybridized carbons (Fsp3) is 0.316. The van der Waals surface area contributed by atoms with Crippen molar-refractivity contribution >= 4 is 23.0 Å². The van der Waals surface area contributed by atoms with Crippen molar-refractivity contribution in [3.8, 4) is 0 Å². The SMILES string of the molecule is Cc1ccc(NC(=S)N[C@H]2CCCc3ccccc32)cc1C. The molecule has 0 saturated heterocycles. The highest BCUT2D eigenvalue weighted by molar-refractivity contribution is 7.80. The lowest BCUT2D eigenvalue weighted by Gasteiger charge is -2.27. The summed E-state index contributed by atoms with van der Waals surface area (Å²) in [5, 5.41) is 7.49. The smallest absolute Gasteiger partial charge is 0.171 e. The third-order valence-corrected chi connectivity index (χ3v) is 4.66. The fourth-order valence-electron chi connectivity index (χ4n) is 3.05. The Labute approximate surface area is 137 Å². The van der Waals surface area contributed by atoms with Gasteiger partial charge >= 0.3 is 0 Å². The van der Waals surface area contributed by atoms with Crippen LogP contribution in [0.5, 0.6) is 0 Å². The van der Waals surface area contributed by atoms with Gasteiger partial charge in [-0.2, -0.15) is 0 Å². The number of benzene rings is 2. The Morgan fingerprint density at radius 3 is 2.73 bits per heavy atom. The Morgan fingerprint density at radius 1 is 1.09 bits per heavy atom. The molecule has 2 aromatic rings. The lowest BCUT2D eigenvalue weighted by molar-refractivity contribution is 0.529. The molecule has 22 heavy (non-hydrogen) atoms. The highest BCUT2D eigenvalue weighted by Gasteiger charge is 2.20. The summed E-state index contributed by atoms with van der Waals surface area (Å²) in [6.07, 6.45) is 3.51. The number of hydrogen-bond donors (Lipinski definition) is 2. The summed E-state index contributed by atoms with van der Waals surface area (Å²) >= 11 is 5.50. The molecule has 0 heterocycles. The van der Waals surface area contributed by atoms with Gasteiger partial charge in [-0.1, -0.05) is 30.3 Å². The molecule has 3 heteroatoms. The first-order chi connectivity index (χ1) is 10.6. The molecule has 2 N–H and O–H groups in total. The lowest BCUT2D eigenvalue weighted by atomic mass is 9.88. The van der Waals surface area contributed by atoms with E-state index in [-0.39, 0.29) is 0 Å². The van der Waals surface area contributed by atoms with E-state index in [1.54, 1.807) is 0 Å². The van der Waals surface area contributed by atoms with E-state index in [1.165, 1.54) is 35.1 Å². The first-order valence-corrected chi connectivity index (χ1v) is 8.27. The summed E-state index contributed by atoms with van der Waals surface area (Å²) in [5.74, 6) is 0. The number of rotatable bonds is 2. The minimum absolute atomic E-state index is 0.316. The average molecular weight is 310 g/mol. The Hall–Kier alpha value is -1.87. The standard InChI is InChI=1S/C19H22N2S/c1-13-10-11-16(12-14(13)2)20-19(22)21-18-9-5-7-15-6-3-4-8-17(15)18/h3-4,6,8,10-12,18H,5,7,9H2,1-2H3,(H2,20,21,22)/t18-/m0/s1. The number of fused-ring (bicyclic) bond motifs is 1. The predicted molar refractivity (Wildman–Crippen MR) is 97.4 cm³/mol. The Balaban J connectivity index is 1.69. The minimum Gasteiger partial charge on any atom is -0.356 e. The molecule has 0 radical (unpaired) electrons. The van der Waals surface area contributed by atoms with Gasteiger partial charge in [0, 0.05) is 5.69 Å². The van der Waals surface area contributed by atoms with Gasteiger partial charge in [-0.05, 0) is 79.7 Å². The van der Waals surface area contributed by atoms with Crippen molar-refractivity contribution < 1.29 is 0 Å². The maximum Gasteiger partial charge on any atom is 0.171 e. The molecule has 1 atom stereocenters. The van der Waals surface area contributed by atoms with Crippen molar-refractivity contribution in [2.24, 2.45) is 0 Å². The third kappa shape index (κ3) is 3.30. The summed E-state index contributed by atoms with van der Waals surface area (Å²) in [6, 6.07) is 15.3. The van der Waals surface area contributed by atoms with Crippen LogP contribution in [0.4, 0.5) is 5.69 Å². The van der Waals surface area contributed by atoms with Gasteiger partial charge in [0.15, 0.2) is 5.11 Å². The monoisotopic (exact) mass is 310 g/mol. The molecule has 114 valence electrons. The van der Waals surface area contributed by atoms with Crippen LogP contribution < -0.4 is 10.6 Å². The van der Waals surface area contributed by atoms with Gasteiger partial charge in [0.2, 0.25) is 0 Å². The largest absolute Gasteiger partial charge is 0.356 e. The molecular formula is C19H22N2S. The summed E-state index contributed by atoms with van der Waals surface area (Å²) in [6.45, 7) is 4.24. The van der Waals surface area contributed by atoms with E-state index in [4.69, 9.17) is 12.2 Å². The number of aryl methyl sites for hydroxylation is 3. The zero-order chi connectivity index (χ0) is 15.5. The molecule has 0 spiro atoms. The molecule has 0 bridgehead atoms. The molecule has 0 aromatic heterocycles. The molecule has 3 rings (SSSR count). The number of nitrogens with one attached hydrogen (secondary N) is 2. The van der Waals surface area contributed by atoms with Gasteiger partial charge in [0.05, 0.1) is 6.04 Å². The van der Waals surface area contributed by atoms with Crippen LogP contribution in [-0.4, -0.2) is 5.11 Å². The molecule has 0 unspecified atom stereocenters. The quantitative estimate of drug-likeness (QED) is 0.788. The van der Waals surface area contributed by atoms with Gasteiger partial charge in [-0.25, -0.2) is 0 Å². The summed E-state index contributed by atoms with van der Waals surface area (Å²) < 4.78 is 0. The van der Waals surface area contributed by atoms with Crippen LogP contribution in [0.15, 0.2) is 42.5 Å². The van der Waals surface area contributed by atoms with Crippen molar-refractivity contribution in [2.45, 2.75) is 39.2 Å². The lowest BCUT2D eigenvalue weighted by Crippen LogP contribution is -2.34. The molecule has 2 nitrogen and oxygen atoms in total. The topological polar surface area (TPSA) is 24.1 Å². The summed E-state index contributed by atoms with van der Waals surface area (Å²) in [7, 11) is 0. The summed E-state index contributed by atoms with van der Waals surface area (Å²) in [4.78, 5) is 0. The van der Waals surface area contributed by atoms with Crippen molar-refractivity contribution in [1.29, 1.82) is 0 Å². The van der Waals surface area contributed by atoms with Gasteiger partial charge in [0.1, 0.15) is 0 Å². The average Bonchev–Trinajstić information content (AvgIpc) is 2.51. The molecule has 1 aliphatic carbocycles. The van der Waals surface area contributed by atoms with Crippen LogP contribution in [0.2, 0.25) is 0 Å². The molecular weight excluding hydrogens is 288 g/mol. The van der Waals surface area contributed by atoms with Crippen molar-refractivity contribution in [3.05, 3.63) is 64.7 Å². The van der Waals surface area contributed by atoms with Crippen LogP contribution in [0, 0.1) is 13.8 Å². The second kappa shape index (κ2) is 6.49. The normalized spacial score (nSPS) is 16.7. The van der Waals surface area contributed by atoms with E-state index in [0.717, 1.165) is 12.1 Å². The highest BCUT2D eigenvalue weighted by atomic mass is 32.1. The van der Waals surface area contributed by atoms with Gasteiger partial charge < -0.3 is 10.6 Å². The van der Waals surface area contributed by atoms with E-state index < -0.39 is 0 Å². The first-order valence-electron chi connectivity index (χ1n) is 7.86. The molecule has 0 fully saturated rings. The zero-order valence-corrected chi connectivity index (χ0v) is 14.0. The number of thiocarbonyl (C=S) groups is 1. The van der Waals surface area contributed by atoms with Crippen LogP contribution in [0.1, 0.15) is 41.1 Å². The maximum atomic E-state index is 5.50. The van der Waals surface area contributed by atoms with Gasteiger partial charge in [0.25, 0.3) is 0 Å². The van der Waals surface area contributed by atoms with Crippen LogP contribution in [-0.2, 0) is 6.42 Å². The van der Waals surface area contributed by atoms with Crippen LogP contribution in [0.3, 0.4) is 0 Å². The fourth-order valence-corrected chi connectivity index (χ4v) is 3.31. The van der Waals surface area contributed by atoms with Crippen molar-refractivity contribution in [2.75, 3.05) is 5.32 Å². The van der Waals surface area contributed by atoms with E-state index in [0.29, 0.717) is 11.2 Å². The molecule has 0 amide bonds. The zero-order valence-electron chi connectivity index (χ0n) is 13.1. The molecule has 0 aliphatic heterocycles. The Bertz CT molecular complexity index is 694. The van der Waals surface area contributed by atoms with E-state index in [1.807, 2.05) is 0 Å². The first kappa shape index (κ1) is 15.0. The number of anilines is 1. The van der Waals surface area contributed by atoms with Gasteiger partial charge in [-0.3, -0.25) is 0 Å². The molecule has 1 aliphatic rings. The third-order valence-electron chi connectivity index (χ3n) is 4.44. The van der Waals surface area contributed by atoms with Crippen LogP contribution in [0.25, 0.3) is 0 Å². The highest BCUT2D eigenvalue weighted by Crippen LogP contribution is 2.29. The molecule has 0 saturated carbocycles. The predicted octanol–water partition coefficient (Wildman–Crippen LogP) is 4.67. The minimum atomic E-state index is 0.316. The van der Waals surface area contributed by atoms with Crippen molar-refractivity contribution in [3.63, 3.8) is 0 Å². The van der Waals surface area contributed by atoms with E-state index in [2.05, 4.69) is 66.9 Å². The van der Waals surface area contributed by atoms with E-state index in [9.17, 15) is 0 Å². The van der Waals surface area contributed by atoms with Crippen molar-refractivity contribution in [1.82, 2.24) is 5.32 Å². The summed E-state index contributed by atoms with van der Waals surface area (Å²) in [5.41, 5.74) is 6.45. The number of hydrogen-bond acceptors (Lipinski definition) is 1. The Morgan fingerprint density at radius 2 is 1.91 bits per heavy atom. The second-order valence-electron chi connectivity index (χ2n) is 6.04. The van der Waals surface area contributed by atoms with E-state index >= 15 is 0 Å². The molecule has 2 aromatic carbocycles. The maximum absolute atomic E-state index is 5.50. The Kier molecular flexibility index (Phi) is 4.44. The van der Waals surface area contributed by atoms with Crippen LogP contribution >= 0.6 is 12.2 Å². The second-order valence-corrected chi connectivity index (χ2v) is 6.45. The van der Waals surface area contributed by atoms with Gasteiger partial charge in [-0.15, -0.1) is 0 Å².